The highest BCUT2D eigenvalue weighted by Crippen LogP contribution is 2.47. The highest BCUT2D eigenvalue weighted by molar-refractivity contribution is 14.2. The van der Waals surface area contributed by atoms with Gasteiger partial charge >= 0.3 is 0 Å². The van der Waals surface area contributed by atoms with Crippen molar-refractivity contribution in [2.45, 2.75) is 21.7 Å². The molecule has 17 heavy (non-hydrogen) atoms. The summed E-state index contributed by atoms with van der Waals surface area (Å²) in [5.74, 6) is 0.681. The Hall–Kier alpha value is 0.160. The van der Waals surface area contributed by atoms with Crippen molar-refractivity contribution in [3.63, 3.8) is 0 Å². The molecule has 1 aromatic carbocycles. The molecule has 0 N–H and O–H groups in total. The number of aryl methyl sites for hydroxylation is 1. The van der Waals surface area contributed by atoms with Crippen molar-refractivity contribution in [1.29, 1.82) is 0 Å². The van der Waals surface area contributed by atoms with Gasteiger partial charge in [-0.25, -0.2) is 0 Å². The second-order valence-corrected chi connectivity index (χ2v) is 9.97. The van der Waals surface area contributed by atoms with E-state index in [4.69, 9.17) is 0 Å². The van der Waals surface area contributed by atoms with Crippen LogP contribution in [0, 0.1) is 12.8 Å². The van der Waals surface area contributed by atoms with E-state index in [0.29, 0.717) is 5.92 Å². The van der Waals surface area contributed by atoms with E-state index >= 15 is 0 Å². The Balaban J connectivity index is 2.30. The topological polar surface area (TPSA) is 0 Å². The molecule has 1 unspecified atom stereocenters. The van der Waals surface area contributed by atoms with Crippen molar-refractivity contribution in [3.8, 4) is 0 Å². The van der Waals surface area contributed by atoms with Crippen LogP contribution in [-0.4, -0.2) is 0 Å². The zero-order valence-corrected chi connectivity index (χ0v) is 14.4. The third-order valence-electron chi connectivity index (χ3n) is 3.09. The van der Waals surface area contributed by atoms with Crippen molar-refractivity contribution in [1.82, 2.24) is 0 Å². The Bertz CT molecular complexity index is 452. The summed E-state index contributed by atoms with van der Waals surface area (Å²) in [6.45, 7) is 4.39. The lowest BCUT2D eigenvalue weighted by atomic mass is 9.94. The number of hydrogen-bond donors (Lipinski definition) is 0. The summed E-state index contributed by atoms with van der Waals surface area (Å²) in [5.41, 5.74) is 4.11. The fraction of sp³-hybridized carbons (Fsp3) is 0.333. The van der Waals surface area contributed by atoms with Gasteiger partial charge in [0, 0.05) is 0 Å². The Morgan fingerprint density at radius 2 is 1.82 bits per heavy atom. The van der Waals surface area contributed by atoms with Crippen molar-refractivity contribution >= 4 is 45.2 Å². The van der Waals surface area contributed by atoms with Crippen LogP contribution >= 0.6 is 45.2 Å². The molecule has 0 aromatic heterocycles. The van der Waals surface area contributed by atoms with Gasteiger partial charge in [-0.3, -0.25) is 0 Å². The first-order valence-electron chi connectivity index (χ1n) is 5.84. The Morgan fingerprint density at radius 1 is 1.18 bits per heavy atom. The van der Waals surface area contributed by atoms with E-state index in [0.717, 1.165) is 6.42 Å². The average molecular weight is 450 g/mol. The van der Waals surface area contributed by atoms with Gasteiger partial charge in [0.2, 0.25) is 0 Å². The molecule has 0 amide bonds. The van der Waals surface area contributed by atoms with Gasteiger partial charge in [0.1, 0.15) is 1.43 Å². The SMILES string of the molecule is Cc1ccc(C(I)(I)C2=CCC(C)C=C2)cc1. The molecular formula is C15H16I2. The van der Waals surface area contributed by atoms with E-state index < -0.39 is 0 Å². The molecule has 2 rings (SSSR count). The predicted molar refractivity (Wildman–Crippen MR) is 91.9 cm³/mol. The van der Waals surface area contributed by atoms with Crippen LogP contribution in [0.2, 0.25) is 0 Å². The van der Waals surface area contributed by atoms with Crippen LogP contribution in [0.1, 0.15) is 24.5 Å². The summed E-state index contributed by atoms with van der Waals surface area (Å²) in [5, 5.41) is 0. The van der Waals surface area contributed by atoms with Crippen LogP contribution in [-0.2, 0) is 1.43 Å². The van der Waals surface area contributed by atoms with Gasteiger partial charge < -0.3 is 0 Å². The average Bonchev–Trinajstić information content (AvgIpc) is 2.30. The molecule has 0 saturated heterocycles. The minimum absolute atomic E-state index is 0.0554. The maximum atomic E-state index is 2.55. The van der Waals surface area contributed by atoms with Gasteiger partial charge in [-0.2, -0.15) is 0 Å². The van der Waals surface area contributed by atoms with Gasteiger partial charge in [0.05, 0.1) is 0 Å². The molecule has 1 aliphatic rings. The zero-order valence-electron chi connectivity index (χ0n) is 10.1. The molecule has 0 spiro atoms. The maximum absolute atomic E-state index is 2.55. The third kappa shape index (κ3) is 3.13. The maximum Gasteiger partial charge on any atom is 0.123 e. The van der Waals surface area contributed by atoms with E-state index in [1.165, 1.54) is 16.7 Å². The van der Waals surface area contributed by atoms with Gasteiger partial charge in [0.25, 0.3) is 0 Å². The molecule has 0 nitrogen and oxygen atoms in total. The minimum Gasteiger partial charge on any atom is -0.0810 e. The van der Waals surface area contributed by atoms with Crippen molar-refractivity contribution in [2.75, 3.05) is 0 Å². The Morgan fingerprint density at radius 3 is 2.35 bits per heavy atom. The first kappa shape index (κ1) is 13.6. The largest absolute Gasteiger partial charge is 0.123 e. The van der Waals surface area contributed by atoms with Crippen LogP contribution in [0.3, 0.4) is 0 Å². The second-order valence-electron chi connectivity index (χ2n) is 4.67. The molecule has 0 heterocycles. The molecule has 1 atom stereocenters. The summed E-state index contributed by atoms with van der Waals surface area (Å²) in [6.07, 6.45) is 8.14. The van der Waals surface area contributed by atoms with Crippen molar-refractivity contribution in [3.05, 3.63) is 59.2 Å². The standard InChI is InChI=1S/C15H16I2/c1-11-3-7-13(8-4-11)15(16,17)14-9-5-12(2)6-10-14/h3-5,7-10,12H,6H2,1-2H3. The number of halogens is 2. The summed E-state index contributed by atoms with van der Waals surface area (Å²) in [6, 6.07) is 8.86. The van der Waals surface area contributed by atoms with E-state index in [9.17, 15) is 0 Å². The molecule has 1 aliphatic carbocycles. The Labute approximate surface area is 131 Å². The highest BCUT2D eigenvalue weighted by Gasteiger charge is 2.29. The fourth-order valence-corrected chi connectivity index (χ4v) is 3.41. The third-order valence-corrected chi connectivity index (χ3v) is 5.58. The molecule has 1 aromatic rings. The fourth-order valence-electron chi connectivity index (χ4n) is 1.89. The minimum atomic E-state index is 0.0554. The summed E-state index contributed by atoms with van der Waals surface area (Å²) in [7, 11) is 0. The summed E-state index contributed by atoms with van der Waals surface area (Å²) < 4.78 is 0.0554. The molecule has 0 radical (unpaired) electrons. The van der Waals surface area contributed by atoms with E-state index in [-0.39, 0.29) is 1.43 Å². The number of hydrogen-bond acceptors (Lipinski definition) is 0. The lowest BCUT2D eigenvalue weighted by Gasteiger charge is -2.26. The van der Waals surface area contributed by atoms with Crippen LogP contribution in [0.25, 0.3) is 0 Å². The van der Waals surface area contributed by atoms with Crippen molar-refractivity contribution < 1.29 is 0 Å². The monoisotopic (exact) mass is 450 g/mol. The first-order chi connectivity index (χ1) is 8.00. The van der Waals surface area contributed by atoms with Gasteiger partial charge in [-0.15, -0.1) is 0 Å². The van der Waals surface area contributed by atoms with E-state index in [1.54, 1.807) is 0 Å². The molecule has 90 valence electrons. The van der Waals surface area contributed by atoms with Crippen LogP contribution in [0.15, 0.2) is 48.1 Å². The smallest absolute Gasteiger partial charge is 0.0810 e. The number of rotatable bonds is 2. The summed E-state index contributed by atoms with van der Waals surface area (Å²) in [4.78, 5) is 0. The first-order valence-corrected chi connectivity index (χ1v) is 7.99. The van der Waals surface area contributed by atoms with E-state index in [1.807, 2.05) is 0 Å². The normalized spacial score (nSPS) is 20.2. The van der Waals surface area contributed by atoms with Crippen molar-refractivity contribution in [2.24, 2.45) is 5.92 Å². The highest BCUT2D eigenvalue weighted by atomic mass is 127. The number of allylic oxidation sites excluding steroid dienone is 4. The molecular weight excluding hydrogens is 434 g/mol. The zero-order chi connectivity index (χ0) is 12.5. The predicted octanol–water partition coefficient (Wildman–Crippen LogP) is 5.54. The Kier molecular flexibility index (Phi) is 4.34. The molecule has 0 aliphatic heterocycles. The second kappa shape index (κ2) is 5.43. The molecule has 0 bridgehead atoms. The van der Waals surface area contributed by atoms with Gasteiger partial charge in [0.15, 0.2) is 0 Å². The lowest BCUT2D eigenvalue weighted by Crippen LogP contribution is -2.13. The van der Waals surface area contributed by atoms with Gasteiger partial charge in [-0.1, -0.05) is 100 Å². The van der Waals surface area contributed by atoms with Gasteiger partial charge in [-0.05, 0) is 30.4 Å². The number of alkyl halides is 2. The lowest BCUT2D eigenvalue weighted by molar-refractivity contribution is 0.727. The molecule has 0 saturated carbocycles. The van der Waals surface area contributed by atoms with Crippen LogP contribution in [0.4, 0.5) is 0 Å². The van der Waals surface area contributed by atoms with Crippen LogP contribution in [0.5, 0.6) is 0 Å². The summed E-state index contributed by atoms with van der Waals surface area (Å²) >= 11 is 5.09. The number of benzene rings is 1. The molecule has 2 heteroatoms. The van der Waals surface area contributed by atoms with E-state index in [2.05, 4.69) is 102 Å². The molecule has 0 fully saturated rings. The van der Waals surface area contributed by atoms with Crippen LogP contribution < -0.4 is 0 Å². The quantitative estimate of drug-likeness (QED) is 0.410.